The lowest BCUT2D eigenvalue weighted by Gasteiger charge is -2.32. The minimum absolute atomic E-state index is 0.00646. The highest BCUT2D eigenvalue weighted by Gasteiger charge is 2.74. The van der Waals surface area contributed by atoms with E-state index in [4.69, 9.17) is 11.6 Å². The minimum atomic E-state index is -6.11. The molecule has 1 aliphatic heterocycles. The smallest absolute Gasteiger partial charge is 0.369 e. The first kappa shape index (κ1) is 27.3. The Hall–Kier alpha value is -2.76. The summed E-state index contributed by atoms with van der Waals surface area (Å²) < 4.78 is 96.8. The second-order valence-electron chi connectivity index (χ2n) is 8.24. The van der Waals surface area contributed by atoms with Gasteiger partial charge in [0, 0.05) is 16.9 Å². The van der Waals surface area contributed by atoms with Gasteiger partial charge in [0.2, 0.25) is 0 Å². The highest BCUT2D eigenvalue weighted by Crippen LogP contribution is 2.49. The van der Waals surface area contributed by atoms with Gasteiger partial charge < -0.3 is 5.11 Å². The van der Waals surface area contributed by atoms with Crippen LogP contribution in [0, 0.1) is 5.82 Å². The molecule has 0 bridgehead atoms. The summed E-state index contributed by atoms with van der Waals surface area (Å²) in [7, 11) is 0. The van der Waals surface area contributed by atoms with Crippen molar-refractivity contribution in [2.24, 2.45) is 5.10 Å². The fourth-order valence-electron chi connectivity index (χ4n) is 4.10. The molecule has 0 saturated heterocycles. The van der Waals surface area contributed by atoms with Crippen molar-refractivity contribution in [3.8, 4) is 11.1 Å². The fourth-order valence-corrected chi connectivity index (χ4v) is 4.78. The van der Waals surface area contributed by atoms with Crippen LogP contribution in [0.25, 0.3) is 11.1 Å². The predicted octanol–water partition coefficient (Wildman–Crippen LogP) is 8.03. The summed E-state index contributed by atoms with van der Waals surface area (Å²) in [6.45, 7) is 0. The van der Waals surface area contributed by atoms with Crippen LogP contribution in [-0.2, 0) is 0 Å². The topological polar surface area (TPSA) is 35.8 Å². The molecular formula is C25H18ClF7N2OS. The minimum Gasteiger partial charge on any atom is -0.369 e. The Morgan fingerprint density at radius 3 is 2.22 bits per heavy atom. The number of nitrogens with zero attached hydrogens (tertiary/aromatic N) is 2. The van der Waals surface area contributed by atoms with Crippen LogP contribution in [0.15, 0.2) is 76.7 Å². The molecule has 0 aromatic heterocycles. The number of benzene rings is 3. The van der Waals surface area contributed by atoms with Crippen molar-refractivity contribution < 1.29 is 35.8 Å². The van der Waals surface area contributed by atoms with Crippen molar-refractivity contribution in [1.82, 2.24) is 0 Å². The lowest BCUT2D eigenvalue weighted by molar-refractivity contribution is -0.338. The van der Waals surface area contributed by atoms with Gasteiger partial charge in [0.15, 0.2) is 0 Å². The summed E-state index contributed by atoms with van der Waals surface area (Å²) in [6, 6.07) is 15.2. The maximum atomic E-state index is 15.2. The number of aliphatic hydroxyl groups is 1. The van der Waals surface area contributed by atoms with Crippen molar-refractivity contribution in [3.63, 3.8) is 0 Å². The maximum absolute atomic E-state index is 15.2. The van der Waals surface area contributed by atoms with Crippen LogP contribution in [0.5, 0.6) is 0 Å². The van der Waals surface area contributed by atoms with E-state index in [1.165, 1.54) is 48.2 Å². The average Bonchev–Trinajstić information content (AvgIpc) is 3.27. The van der Waals surface area contributed by atoms with E-state index in [9.17, 15) is 31.4 Å². The first-order valence-corrected chi connectivity index (χ1v) is 12.3. The molecule has 1 heterocycles. The highest BCUT2D eigenvalue weighted by molar-refractivity contribution is 7.98. The van der Waals surface area contributed by atoms with Crippen LogP contribution < -0.4 is 5.01 Å². The van der Waals surface area contributed by atoms with E-state index in [1.54, 1.807) is 18.2 Å². The Morgan fingerprint density at radius 2 is 1.62 bits per heavy atom. The Labute approximate surface area is 216 Å². The molecule has 0 spiro atoms. The van der Waals surface area contributed by atoms with E-state index < -0.39 is 41.9 Å². The summed E-state index contributed by atoms with van der Waals surface area (Å²) >= 11 is 7.62. The number of halogens is 8. The second kappa shape index (κ2) is 9.85. The number of rotatable bonds is 5. The number of para-hydroxylation sites is 1. The maximum Gasteiger partial charge on any atom is 0.431 e. The Balaban J connectivity index is 1.82. The SMILES string of the molecule is CSc1cccc(-c2ccc(C3CC(C(O)(C(F)(F)F)C(F)(F)F)=NN3c3ccccc3Cl)cc2F)c1. The summed E-state index contributed by atoms with van der Waals surface area (Å²) in [4.78, 5) is 0.873. The summed E-state index contributed by atoms with van der Waals surface area (Å²) in [6.07, 6.45) is -11.4. The van der Waals surface area contributed by atoms with E-state index in [1.807, 2.05) is 12.3 Å². The quantitative estimate of drug-likeness (QED) is 0.253. The van der Waals surface area contributed by atoms with Crippen molar-refractivity contribution in [2.75, 3.05) is 11.3 Å². The number of hydrazone groups is 1. The van der Waals surface area contributed by atoms with Gasteiger partial charge >= 0.3 is 12.4 Å². The van der Waals surface area contributed by atoms with Crippen LogP contribution in [0.4, 0.5) is 36.4 Å². The average molecular weight is 563 g/mol. The number of alkyl halides is 6. The van der Waals surface area contributed by atoms with Crippen LogP contribution in [0.2, 0.25) is 5.02 Å². The highest BCUT2D eigenvalue weighted by atomic mass is 35.5. The van der Waals surface area contributed by atoms with Gasteiger partial charge in [0.05, 0.1) is 22.5 Å². The molecule has 1 aliphatic rings. The normalized spacial score (nSPS) is 16.8. The molecule has 0 fully saturated rings. The van der Waals surface area contributed by atoms with Gasteiger partial charge in [-0.3, -0.25) is 5.01 Å². The molecule has 37 heavy (non-hydrogen) atoms. The largest absolute Gasteiger partial charge is 0.431 e. The molecule has 196 valence electrons. The third-order valence-electron chi connectivity index (χ3n) is 6.01. The zero-order chi connectivity index (χ0) is 27.2. The molecular weight excluding hydrogens is 545 g/mol. The van der Waals surface area contributed by atoms with Gasteiger partial charge in [0.1, 0.15) is 5.82 Å². The molecule has 0 radical (unpaired) electrons. The molecule has 0 aliphatic carbocycles. The van der Waals surface area contributed by atoms with Crippen LogP contribution in [-0.4, -0.2) is 35.0 Å². The second-order valence-corrected chi connectivity index (χ2v) is 9.53. The molecule has 3 aromatic rings. The molecule has 3 aromatic carbocycles. The Morgan fingerprint density at radius 1 is 0.946 bits per heavy atom. The number of thioether (sulfide) groups is 1. The summed E-state index contributed by atoms with van der Waals surface area (Å²) in [5, 5.41) is 14.4. The van der Waals surface area contributed by atoms with Crippen molar-refractivity contribution in [3.05, 3.63) is 83.1 Å². The van der Waals surface area contributed by atoms with E-state index in [0.29, 0.717) is 5.56 Å². The summed E-state index contributed by atoms with van der Waals surface area (Å²) in [5.41, 5.74) is -5.99. The van der Waals surface area contributed by atoms with Crippen molar-refractivity contribution >= 4 is 34.8 Å². The standard InChI is InChI=1S/C25H18ClF7N2OS/c1-37-16-6-4-5-14(11-16)17-10-9-15(12-19(17)27)21-13-22(23(36,24(28,29)30)25(31,32)33)34-35(21)20-8-3-2-7-18(20)26/h2-12,21,36H,13H2,1H3. The van der Waals surface area contributed by atoms with Gasteiger partial charge in [-0.05, 0) is 47.7 Å². The molecule has 0 saturated carbocycles. The zero-order valence-electron chi connectivity index (χ0n) is 18.9. The monoisotopic (exact) mass is 562 g/mol. The van der Waals surface area contributed by atoms with Gasteiger partial charge in [-0.1, -0.05) is 48.0 Å². The predicted molar refractivity (Wildman–Crippen MR) is 129 cm³/mol. The van der Waals surface area contributed by atoms with E-state index in [2.05, 4.69) is 5.10 Å². The molecule has 3 nitrogen and oxygen atoms in total. The molecule has 0 amide bonds. The number of anilines is 1. The Kier molecular flexibility index (Phi) is 7.26. The number of hydrogen-bond acceptors (Lipinski definition) is 4. The molecule has 1 atom stereocenters. The van der Waals surface area contributed by atoms with E-state index >= 15 is 4.39 Å². The van der Waals surface area contributed by atoms with Gasteiger partial charge in [-0.25, -0.2) is 4.39 Å². The van der Waals surface area contributed by atoms with Gasteiger partial charge in [0.25, 0.3) is 5.60 Å². The number of hydrogen-bond donors (Lipinski definition) is 1. The third kappa shape index (κ3) is 4.92. The summed E-state index contributed by atoms with van der Waals surface area (Å²) in [5.74, 6) is -0.731. The first-order valence-electron chi connectivity index (χ1n) is 10.7. The molecule has 1 N–H and O–H groups in total. The van der Waals surface area contributed by atoms with Crippen molar-refractivity contribution in [2.45, 2.75) is 35.3 Å². The molecule has 4 rings (SSSR count). The lowest BCUT2D eigenvalue weighted by atomic mass is 9.89. The fraction of sp³-hybridized carbons (Fsp3) is 0.240. The Bertz CT molecular complexity index is 1330. The molecule has 12 heteroatoms. The van der Waals surface area contributed by atoms with Gasteiger partial charge in [-0.2, -0.15) is 31.4 Å². The van der Waals surface area contributed by atoms with Crippen molar-refractivity contribution in [1.29, 1.82) is 0 Å². The van der Waals surface area contributed by atoms with Gasteiger partial charge in [-0.15, -0.1) is 11.8 Å². The lowest BCUT2D eigenvalue weighted by Crippen LogP contribution is -2.62. The van der Waals surface area contributed by atoms with E-state index in [-0.39, 0.29) is 21.8 Å². The van der Waals surface area contributed by atoms with Crippen LogP contribution in [0.1, 0.15) is 18.0 Å². The molecule has 1 unspecified atom stereocenters. The third-order valence-corrected chi connectivity index (χ3v) is 7.05. The zero-order valence-corrected chi connectivity index (χ0v) is 20.5. The van der Waals surface area contributed by atoms with E-state index in [0.717, 1.165) is 16.0 Å². The first-order chi connectivity index (χ1) is 17.3. The van der Waals surface area contributed by atoms with Crippen LogP contribution in [0.3, 0.4) is 0 Å². The van der Waals surface area contributed by atoms with Crippen LogP contribution >= 0.6 is 23.4 Å².